The van der Waals surface area contributed by atoms with Crippen LogP contribution in [0.2, 0.25) is 0 Å². The van der Waals surface area contributed by atoms with E-state index in [2.05, 4.69) is 17.6 Å². The Bertz CT molecular complexity index is 690. The maximum Gasteiger partial charge on any atom is 0.319 e. The lowest BCUT2D eigenvalue weighted by Crippen LogP contribution is -2.32. The SMILES string of the molecule is CCc1ccc(OCCNC(=O)Nc2cccc(C#N)c2)cc1. The Morgan fingerprint density at radius 3 is 2.70 bits per heavy atom. The van der Waals surface area contributed by atoms with Gasteiger partial charge in [0.25, 0.3) is 0 Å². The van der Waals surface area contributed by atoms with Gasteiger partial charge in [-0.3, -0.25) is 0 Å². The second-order valence-electron chi connectivity index (χ2n) is 4.92. The first-order valence-corrected chi connectivity index (χ1v) is 7.48. The summed E-state index contributed by atoms with van der Waals surface area (Å²) in [4.78, 5) is 11.7. The molecule has 0 spiro atoms. The van der Waals surface area contributed by atoms with Crippen molar-refractivity contribution in [3.8, 4) is 11.8 Å². The molecule has 5 heteroatoms. The van der Waals surface area contributed by atoms with E-state index >= 15 is 0 Å². The van der Waals surface area contributed by atoms with Crippen LogP contribution in [0.25, 0.3) is 0 Å². The fourth-order valence-corrected chi connectivity index (χ4v) is 2.00. The minimum absolute atomic E-state index is 0.329. The molecule has 0 aliphatic heterocycles. The van der Waals surface area contributed by atoms with E-state index < -0.39 is 0 Å². The Morgan fingerprint density at radius 2 is 2.00 bits per heavy atom. The van der Waals surface area contributed by atoms with Crippen LogP contribution in [0.1, 0.15) is 18.1 Å². The van der Waals surface area contributed by atoms with E-state index in [0.29, 0.717) is 24.4 Å². The molecule has 2 rings (SSSR count). The molecule has 0 heterocycles. The van der Waals surface area contributed by atoms with Gasteiger partial charge in [-0.1, -0.05) is 25.1 Å². The molecular formula is C18H19N3O2. The number of benzene rings is 2. The molecule has 2 amide bonds. The van der Waals surface area contributed by atoms with E-state index in [0.717, 1.165) is 12.2 Å². The quantitative estimate of drug-likeness (QED) is 0.804. The molecule has 0 unspecified atom stereocenters. The van der Waals surface area contributed by atoms with E-state index in [-0.39, 0.29) is 6.03 Å². The molecule has 2 aromatic carbocycles. The van der Waals surface area contributed by atoms with Crippen LogP contribution in [0.5, 0.6) is 5.75 Å². The highest BCUT2D eigenvalue weighted by Crippen LogP contribution is 2.12. The first-order valence-electron chi connectivity index (χ1n) is 7.48. The van der Waals surface area contributed by atoms with Crippen LogP contribution >= 0.6 is 0 Å². The smallest absolute Gasteiger partial charge is 0.319 e. The van der Waals surface area contributed by atoms with Gasteiger partial charge in [-0.15, -0.1) is 0 Å². The van der Waals surface area contributed by atoms with E-state index in [1.807, 2.05) is 30.3 Å². The summed E-state index contributed by atoms with van der Waals surface area (Å²) in [5.41, 5.74) is 2.34. The molecule has 23 heavy (non-hydrogen) atoms. The summed E-state index contributed by atoms with van der Waals surface area (Å²) in [6, 6.07) is 16.3. The lowest BCUT2D eigenvalue weighted by molar-refractivity contribution is 0.247. The topological polar surface area (TPSA) is 74.2 Å². The van der Waals surface area contributed by atoms with Gasteiger partial charge < -0.3 is 15.4 Å². The fourth-order valence-electron chi connectivity index (χ4n) is 2.00. The largest absolute Gasteiger partial charge is 0.492 e. The van der Waals surface area contributed by atoms with Crippen LogP contribution in [0.3, 0.4) is 0 Å². The molecule has 0 aliphatic rings. The van der Waals surface area contributed by atoms with Gasteiger partial charge in [0.15, 0.2) is 0 Å². The molecular weight excluding hydrogens is 290 g/mol. The van der Waals surface area contributed by atoms with E-state index in [9.17, 15) is 4.79 Å². The normalized spacial score (nSPS) is 9.74. The molecule has 5 nitrogen and oxygen atoms in total. The number of hydrogen-bond donors (Lipinski definition) is 2. The Balaban J connectivity index is 1.71. The maximum absolute atomic E-state index is 11.7. The number of aryl methyl sites for hydroxylation is 1. The van der Waals surface area contributed by atoms with Gasteiger partial charge >= 0.3 is 6.03 Å². The lowest BCUT2D eigenvalue weighted by atomic mass is 10.2. The van der Waals surface area contributed by atoms with Crippen molar-refractivity contribution in [1.29, 1.82) is 5.26 Å². The molecule has 118 valence electrons. The second-order valence-corrected chi connectivity index (χ2v) is 4.92. The Morgan fingerprint density at radius 1 is 1.22 bits per heavy atom. The van der Waals surface area contributed by atoms with Gasteiger partial charge in [-0.25, -0.2) is 4.79 Å². The maximum atomic E-state index is 11.7. The van der Waals surface area contributed by atoms with Crippen molar-refractivity contribution in [2.75, 3.05) is 18.5 Å². The van der Waals surface area contributed by atoms with Crippen molar-refractivity contribution >= 4 is 11.7 Å². The number of carbonyl (C=O) groups excluding carboxylic acids is 1. The van der Waals surface area contributed by atoms with Crippen molar-refractivity contribution in [2.24, 2.45) is 0 Å². The summed E-state index contributed by atoms with van der Waals surface area (Å²) < 4.78 is 5.56. The van der Waals surface area contributed by atoms with Gasteiger partial charge in [0.05, 0.1) is 18.2 Å². The third-order valence-electron chi connectivity index (χ3n) is 3.24. The van der Waals surface area contributed by atoms with Crippen LogP contribution in [0.4, 0.5) is 10.5 Å². The summed E-state index contributed by atoms with van der Waals surface area (Å²) >= 11 is 0. The number of hydrogen-bond acceptors (Lipinski definition) is 3. The molecule has 0 saturated heterocycles. The van der Waals surface area contributed by atoms with Crippen LogP contribution in [0.15, 0.2) is 48.5 Å². The molecule has 0 saturated carbocycles. The highest BCUT2D eigenvalue weighted by atomic mass is 16.5. The highest BCUT2D eigenvalue weighted by molar-refractivity contribution is 5.89. The van der Waals surface area contributed by atoms with Gasteiger partial charge in [0, 0.05) is 5.69 Å². The third-order valence-corrected chi connectivity index (χ3v) is 3.24. The van der Waals surface area contributed by atoms with Crippen LogP contribution in [-0.2, 0) is 6.42 Å². The molecule has 0 bridgehead atoms. The average molecular weight is 309 g/mol. The van der Waals surface area contributed by atoms with Crippen molar-refractivity contribution in [2.45, 2.75) is 13.3 Å². The van der Waals surface area contributed by atoms with Crippen LogP contribution < -0.4 is 15.4 Å². The molecule has 2 N–H and O–H groups in total. The molecule has 0 atom stereocenters. The standard InChI is InChI=1S/C18H19N3O2/c1-2-14-6-8-17(9-7-14)23-11-10-20-18(22)21-16-5-3-4-15(12-16)13-19/h3-9,12H,2,10-11H2,1H3,(H2,20,21,22). The van der Waals surface area contributed by atoms with E-state index in [4.69, 9.17) is 10.00 Å². The van der Waals surface area contributed by atoms with Crippen molar-refractivity contribution < 1.29 is 9.53 Å². The summed E-state index contributed by atoms with van der Waals surface area (Å²) in [6.07, 6.45) is 0.995. The number of nitrogens with one attached hydrogen (secondary N) is 2. The van der Waals surface area contributed by atoms with Crippen molar-refractivity contribution in [3.63, 3.8) is 0 Å². The minimum atomic E-state index is -0.329. The summed E-state index contributed by atoms with van der Waals surface area (Å²) in [6.45, 7) is 2.88. The number of ether oxygens (including phenoxy) is 1. The van der Waals surface area contributed by atoms with E-state index in [1.54, 1.807) is 24.3 Å². The average Bonchev–Trinajstić information content (AvgIpc) is 2.59. The predicted octanol–water partition coefficient (Wildman–Crippen LogP) is 3.32. The predicted molar refractivity (Wildman–Crippen MR) is 89.5 cm³/mol. The lowest BCUT2D eigenvalue weighted by Gasteiger charge is -2.09. The van der Waals surface area contributed by atoms with Crippen molar-refractivity contribution in [1.82, 2.24) is 5.32 Å². The Labute approximate surface area is 135 Å². The number of urea groups is 1. The summed E-state index contributed by atoms with van der Waals surface area (Å²) in [7, 11) is 0. The number of rotatable bonds is 6. The van der Waals surface area contributed by atoms with Crippen LogP contribution in [-0.4, -0.2) is 19.2 Å². The van der Waals surface area contributed by atoms with Gasteiger partial charge in [-0.05, 0) is 42.3 Å². The van der Waals surface area contributed by atoms with E-state index in [1.165, 1.54) is 5.56 Å². The number of carbonyl (C=O) groups is 1. The van der Waals surface area contributed by atoms with Gasteiger partial charge in [0.2, 0.25) is 0 Å². The first kappa shape index (κ1) is 16.4. The summed E-state index contributed by atoms with van der Waals surface area (Å²) in [5, 5.41) is 14.2. The number of nitrogens with zero attached hydrogens (tertiary/aromatic N) is 1. The van der Waals surface area contributed by atoms with Gasteiger partial charge in [0.1, 0.15) is 12.4 Å². The van der Waals surface area contributed by atoms with Gasteiger partial charge in [-0.2, -0.15) is 5.26 Å². The minimum Gasteiger partial charge on any atom is -0.492 e. The zero-order chi connectivity index (χ0) is 16.5. The second kappa shape index (κ2) is 8.44. The Kier molecular flexibility index (Phi) is 6.01. The zero-order valence-corrected chi connectivity index (χ0v) is 13.0. The highest BCUT2D eigenvalue weighted by Gasteiger charge is 2.02. The summed E-state index contributed by atoms with van der Waals surface area (Å²) in [5.74, 6) is 0.783. The fraction of sp³-hybridized carbons (Fsp3) is 0.222. The molecule has 0 aliphatic carbocycles. The molecule has 0 radical (unpaired) electrons. The zero-order valence-electron chi connectivity index (χ0n) is 13.0. The Hall–Kier alpha value is -3.00. The number of nitriles is 1. The monoisotopic (exact) mass is 309 g/mol. The molecule has 0 fully saturated rings. The molecule has 0 aromatic heterocycles. The first-order chi connectivity index (χ1) is 11.2. The number of amides is 2. The number of anilines is 1. The van der Waals surface area contributed by atoms with Crippen molar-refractivity contribution in [3.05, 3.63) is 59.7 Å². The van der Waals surface area contributed by atoms with Crippen LogP contribution in [0, 0.1) is 11.3 Å². The third kappa shape index (κ3) is 5.36. The molecule has 2 aromatic rings.